The Morgan fingerprint density at radius 3 is 2.30 bits per heavy atom. The number of rotatable bonds is 6. The molecule has 0 aliphatic carbocycles. The zero-order valence-electron chi connectivity index (χ0n) is 13.0. The number of para-hydroxylation sites is 1. The van der Waals surface area contributed by atoms with Crippen molar-refractivity contribution in [2.45, 2.75) is 19.4 Å². The minimum absolute atomic E-state index is 0.563. The minimum atomic E-state index is -3.66. The van der Waals surface area contributed by atoms with Crippen LogP contribution in [-0.2, 0) is 21.2 Å². The molecule has 5 nitrogen and oxygen atoms in total. The number of ether oxygens (including phenoxy) is 1. The minimum Gasteiger partial charge on any atom is -0.476 e. The standard InChI is InChI=1S/C17H19NO4S/c1-3-13-9-7-8-12-15(13)22-16(14-10-5-4-6-11-14)17(19)18-23(2,20)21/h4-12,16H,3H2,1-2H3,(H,18,19). The van der Waals surface area contributed by atoms with Crippen molar-refractivity contribution in [3.05, 3.63) is 65.7 Å². The van der Waals surface area contributed by atoms with Crippen molar-refractivity contribution < 1.29 is 17.9 Å². The normalized spacial score (nSPS) is 12.4. The highest BCUT2D eigenvalue weighted by molar-refractivity contribution is 7.89. The summed E-state index contributed by atoms with van der Waals surface area (Å²) in [5.74, 6) is -0.155. The topological polar surface area (TPSA) is 72.5 Å². The van der Waals surface area contributed by atoms with Gasteiger partial charge in [-0.15, -0.1) is 0 Å². The van der Waals surface area contributed by atoms with E-state index in [4.69, 9.17) is 4.74 Å². The van der Waals surface area contributed by atoms with Gasteiger partial charge < -0.3 is 4.74 Å². The molecule has 0 bridgehead atoms. The molecule has 0 saturated carbocycles. The number of benzene rings is 2. The van der Waals surface area contributed by atoms with Crippen LogP contribution in [0.2, 0.25) is 0 Å². The van der Waals surface area contributed by atoms with Crippen molar-refractivity contribution in [2.75, 3.05) is 6.26 Å². The summed E-state index contributed by atoms with van der Waals surface area (Å²) in [4.78, 5) is 12.3. The van der Waals surface area contributed by atoms with Crippen molar-refractivity contribution in [1.29, 1.82) is 0 Å². The van der Waals surface area contributed by atoms with Gasteiger partial charge in [0.25, 0.3) is 5.91 Å². The van der Waals surface area contributed by atoms with Crippen molar-refractivity contribution in [3.63, 3.8) is 0 Å². The van der Waals surface area contributed by atoms with E-state index in [9.17, 15) is 13.2 Å². The molecule has 1 unspecified atom stereocenters. The summed E-state index contributed by atoms with van der Waals surface area (Å²) in [5.41, 5.74) is 1.53. The van der Waals surface area contributed by atoms with E-state index in [-0.39, 0.29) is 0 Å². The first-order chi connectivity index (χ1) is 10.9. The highest BCUT2D eigenvalue weighted by atomic mass is 32.2. The van der Waals surface area contributed by atoms with Crippen molar-refractivity contribution >= 4 is 15.9 Å². The predicted octanol–water partition coefficient (Wildman–Crippen LogP) is 2.44. The lowest BCUT2D eigenvalue weighted by Crippen LogP contribution is -2.36. The molecule has 2 aromatic carbocycles. The van der Waals surface area contributed by atoms with Gasteiger partial charge in [-0.2, -0.15) is 0 Å². The van der Waals surface area contributed by atoms with Gasteiger partial charge in [0.15, 0.2) is 0 Å². The lowest BCUT2D eigenvalue weighted by molar-refractivity contribution is -0.126. The zero-order chi connectivity index (χ0) is 16.9. The molecular weight excluding hydrogens is 314 g/mol. The molecule has 0 saturated heterocycles. The van der Waals surface area contributed by atoms with Gasteiger partial charge in [-0.1, -0.05) is 55.5 Å². The molecule has 1 atom stereocenters. The maximum atomic E-state index is 12.3. The van der Waals surface area contributed by atoms with Crippen LogP contribution < -0.4 is 9.46 Å². The third-order valence-electron chi connectivity index (χ3n) is 3.22. The first-order valence-corrected chi connectivity index (χ1v) is 9.11. The van der Waals surface area contributed by atoms with E-state index in [1.807, 2.05) is 35.9 Å². The van der Waals surface area contributed by atoms with Gasteiger partial charge in [0.2, 0.25) is 16.1 Å². The average Bonchev–Trinajstić information content (AvgIpc) is 2.52. The molecule has 122 valence electrons. The first-order valence-electron chi connectivity index (χ1n) is 7.22. The zero-order valence-corrected chi connectivity index (χ0v) is 13.8. The SMILES string of the molecule is CCc1ccccc1OC(C(=O)NS(C)(=O)=O)c1ccccc1. The van der Waals surface area contributed by atoms with Crippen LogP contribution >= 0.6 is 0 Å². The molecule has 1 N–H and O–H groups in total. The Balaban J connectivity index is 2.36. The molecule has 0 heterocycles. The number of nitrogens with one attached hydrogen (secondary N) is 1. The Hall–Kier alpha value is -2.34. The number of carbonyl (C=O) groups excluding carboxylic acids is 1. The molecule has 0 spiro atoms. The summed E-state index contributed by atoms with van der Waals surface area (Å²) in [6.07, 6.45) is 0.636. The Bertz CT molecular complexity index is 772. The van der Waals surface area contributed by atoms with Crippen LogP contribution in [0.1, 0.15) is 24.2 Å². The maximum absolute atomic E-state index is 12.3. The van der Waals surface area contributed by atoms with Crippen LogP contribution in [0.15, 0.2) is 54.6 Å². The Kier molecular flexibility index (Phi) is 5.39. The molecule has 2 aromatic rings. The third kappa shape index (κ3) is 4.82. The summed E-state index contributed by atoms with van der Waals surface area (Å²) in [5, 5.41) is 0. The maximum Gasteiger partial charge on any atom is 0.279 e. The molecule has 0 fully saturated rings. The summed E-state index contributed by atoms with van der Waals surface area (Å²) in [6.45, 7) is 1.98. The lowest BCUT2D eigenvalue weighted by Gasteiger charge is -2.20. The summed E-state index contributed by atoms with van der Waals surface area (Å²) in [7, 11) is -3.66. The molecule has 0 radical (unpaired) electrons. The number of amides is 1. The second kappa shape index (κ2) is 7.28. The van der Waals surface area contributed by atoms with Crippen LogP contribution in [0.25, 0.3) is 0 Å². The monoisotopic (exact) mass is 333 g/mol. The summed E-state index contributed by atoms with van der Waals surface area (Å²) >= 11 is 0. The highest BCUT2D eigenvalue weighted by Crippen LogP contribution is 2.26. The van der Waals surface area contributed by atoms with Crippen LogP contribution in [0.3, 0.4) is 0 Å². The second-order valence-corrected chi connectivity index (χ2v) is 6.86. The fraction of sp³-hybridized carbons (Fsp3) is 0.235. The van der Waals surface area contributed by atoms with Crippen LogP contribution in [-0.4, -0.2) is 20.6 Å². The molecule has 2 rings (SSSR count). The second-order valence-electron chi connectivity index (χ2n) is 5.11. The van der Waals surface area contributed by atoms with Gasteiger partial charge in [-0.25, -0.2) is 13.1 Å². The Morgan fingerprint density at radius 1 is 1.09 bits per heavy atom. The molecule has 0 aliphatic heterocycles. The lowest BCUT2D eigenvalue weighted by atomic mass is 10.1. The number of aryl methyl sites for hydroxylation is 1. The van der Waals surface area contributed by atoms with Gasteiger partial charge in [0.1, 0.15) is 5.75 Å². The summed E-state index contributed by atoms with van der Waals surface area (Å²) < 4.78 is 30.6. The number of hydrogen-bond donors (Lipinski definition) is 1. The van der Waals surface area contributed by atoms with Gasteiger partial charge >= 0.3 is 0 Å². The van der Waals surface area contributed by atoms with Gasteiger partial charge in [0, 0.05) is 5.56 Å². The molecule has 1 amide bonds. The van der Waals surface area contributed by atoms with E-state index in [0.29, 0.717) is 11.3 Å². The van der Waals surface area contributed by atoms with Crippen molar-refractivity contribution in [3.8, 4) is 5.75 Å². The van der Waals surface area contributed by atoms with E-state index in [1.165, 1.54) is 0 Å². The van der Waals surface area contributed by atoms with Crippen LogP contribution in [0.5, 0.6) is 5.75 Å². The molecule has 0 aromatic heterocycles. The first kappa shape index (κ1) is 17.0. The smallest absolute Gasteiger partial charge is 0.279 e. The van der Waals surface area contributed by atoms with Gasteiger partial charge in [0.05, 0.1) is 6.26 Å². The van der Waals surface area contributed by atoms with E-state index in [2.05, 4.69) is 0 Å². The third-order valence-corrected chi connectivity index (χ3v) is 3.80. The summed E-state index contributed by atoms with van der Waals surface area (Å²) in [6, 6.07) is 16.2. The van der Waals surface area contributed by atoms with E-state index in [1.54, 1.807) is 30.3 Å². The Labute approximate surface area is 136 Å². The number of carbonyl (C=O) groups is 1. The fourth-order valence-electron chi connectivity index (χ4n) is 2.17. The van der Waals surface area contributed by atoms with Crippen molar-refractivity contribution in [1.82, 2.24) is 4.72 Å². The van der Waals surface area contributed by atoms with Crippen LogP contribution in [0, 0.1) is 0 Å². The van der Waals surface area contributed by atoms with E-state index >= 15 is 0 Å². The number of hydrogen-bond acceptors (Lipinski definition) is 4. The molecule has 6 heteroatoms. The molecular formula is C17H19NO4S. The number of sulfonamides is 1. The quantitative estimate of drug-likeness (QED) is 0.881. The average molecular weight is 333 g/mol. The van der Waals surface area contributed by atoms with Crippen molar-refractivity contribution in [2.24, 2.45) is 0 Å². The van der Waals surface area contributed by atoms with E-state index < -0.39 is 22.0 Å². The largest absolute Gasteiger partial charge is 0.476 e. The fourth-order valence-corrected chi connectivity index (χ4v) is 2.65. The van der Waals surface area contributed by atoms with Gasteiger partial charge in [-0.05, 0) is 18.1 Å². The van der Waals surface area contributed by atoms with Gasteiger partial charge in [-0.3, -0.25) is 4.79 Å². The molecule has 23 heavy (non-hydrogen) atoms. The highest BCUT2D eigenvalue weighted by Gasteiger charge is 2.25. The van der Waals surface area contributed by atoms with Crippen LogP contribution in [0.4, 0.5) is 0 Å². The predicted molar refractivity (Wildman–Crippen MR) is 88.6 cm³/mol. The Morgan fingerprint density at radius 2 is 1.70 bits per heavy atom. The van der Waals surface area contributed by atoms with E-state index in [0.717, 1.165) is 18.2 Å². The molecule has 0 aliphatic rings.